The lowest BCUT2D eigenvalue weighted by Crippen LogP contribution is -2.14. The number of hydrogen-bond acceptors (Lipinski definition) is 4. The van der Waals surface area contributed by atoms with E-state index in [-0.39, 0.29) is 11.3 Å². The van der Waals surface area contributed by atoms with Crippen LogP contribution >= 0.6 is 0 Å². The van der Waals surface area contributed by atoms with Crippen LogP contribution in [0.2, 0.25) is 0 Å². The van der Waals surface area contributed by atoms with Crippen LogP contribution in [-0.2, 0) is 16.0 Å². The smallest absolute Gasteiger partial charge is 0.344 e. The van der Waals surface area contributed by atoms with E-state index in [9.17, 15) is 9.90 Å². The molecule has 4 heteroatoms. The van der Waals surface area contributed by atoms with Crippen LogP contribution in [0.25, 0.3) is 0 Å². The summed E-state index contributed by atoms with van der Waals surface area (Å²) in [7, 11) is 1.58. The molecule has 18 heavy (non-hydrogen) atoms. The molecular weight excluding hydrogens is 230 g/mol. The maximum absolute atomic E-state index is 11.7. The number of nitrogens with zero attached hydrogens (tertiary/aromatic N) is 1. The zero-order chi connectivity index (χ0) is 13.1. The maximum atomic E-state index is 11.7. The summed E-state index contributed by atoms with van der Waals surface area (Å²) in [5.41, 5.74) is 1.70. The second-order valence-electron chi connectivity index (χ2n) is 4.15. The zero-order valence-electron chi connectivity index (χ0n) is 10.4. The van der Waals surface area contributed by atoms with Crippen LogP contribution in [0.1, 0.15) is 12.5 Å². The number of ether oxygens (including phenoxy) is 1. The van der Waals surface area contributed by atoms with Crippen molar-refractivity contribution in [3.63, 3.8) is 0 Å². The third-order valence-electron chi connectivity index (χ3n) is 2.98. The summed E-state index contributed by atoms with van der Waals surface area (Å²) in [5, 5.41) is 10.0. The number of carbonyl (C=O) groups excluding carboxylic acids is 1. The van der Waals surface area contributed by atoms with E-state index in [1.165, 1.54) is 0 Å². The van der Waals surface area contributed by atoms with E-state index in [1.807, 2.05) is 30.3 Å². The molecule has 0 aliphatic carbocycles. The van der Waals surface area contributed by atoms with Crippen molar-refractivity contribution in [3.05, 3.63) is 47.2 Å². The molecule has 0 radical (unpaired) electrons. The summed E-state index contributed by atoms with van der Waals surface area (Å²) in [4.78, 5) is 15.6. The molecular formula is C14H15NO3. The fourth-order valence-electron chi connectivity index (χ4n) is 1.92. The standard InChI is InChI=1S/C14H15NO3/c1-9(15-2)12-13(16)11(18-14(12)17)8-10-6-4-3-5-7-10/h3-7,11,16H,8H2,1-2H3. The van der Waals surface area contributed by atoms with Crippen molar-refractivity contribution in [2.75, 3.05) is 7.05 Å². The monoisotopic (exact) mass is 245 g/mol. The minimum atomic E-state index is -0.605. The van der Waals surface area contributed by atoms with Gasteiger partial charge in [0.25, 0.3) is 0 Å². The molecule has 0 spiro atoms. The van der Waals surface area contributed by atoms with Crippen molar-refractivity contribution in [3.8, 4) is 0 Å². The molecule has 1 aliphatic rings. The number of aliphatic hydroxyl groups excluding tert-OH is 1. The van der Waals surface area contributed by atoms with Gasteiger partial charge in [0, 0.05) is 19.2 Å². The van der Waals surface area contributed by atoms with Gasteiger partial charge in [0.2, 0.25) is 0 Å². The molecule has 1 aliphatic heterocycles. The Morgan fingerprint density at radius 3 is 2.67 bits per heavy atom. The predicted octanol–water partition coefficient (Wildman–Crippen LogP) is 2.06. The Kier molecular flexibility index (Phi) is 3.46. The fourth-order valence-corrected chi connectivity index (χ4v) is 1.92. The Morgan fingerprint density at radius 2 is 2.06 bits per heavy atom. The number of cyclic esters (lactones) is 1. The van der Waals surface area contributed by atoms with E-state index in [0.29, 0.717) is 12.1 Å². The number of aliphatic hydroxyl groups is 1. The second-order valence-corrected chi connectivity index (χ2v) is 4.15. The highest BCUT2D eigenvalue weighted by atomic mass is 16.6. The van der Waals surface area contributed by atoms with Gasteiger partial charge in [0.05, 0.1) is 0 Å². The first kappa shape index (κ1) is 12.4. The van der Waals surface area contributed by atoms with E-state index >= 15 is 0 Å². The summed E-state index contributed by atoms with van der Waals surface area (Å²) in [6, 6.07) is 9.60. The van der Waals surface area contributed by atoms with Gasteiger partial charge in [-0.3, -0.25) is 4.99 Å². The molecule has 1 aromatic carbocycles. The Hall–Kier alpha value is -2.10. The Morgan fingerprint density at radius 1 is 1.39 bits per heavy atom. The summed E-state index contributed by atoms with van der Waals surface area (Å²) in [5.74, 6) is -0.525. The Labute approximate surface area is 106 Å². The average Bonchev–Trinajstić information content (AvgIpc) is 2.65. The highest BCUT2D eigenvalue weighted by molar-refractivity contribution is 6.20. The molecule has 0 aromatic heterocycles. The van der Waals surface area contributed by atoms with Crippen molar-refractivity contribution in [2.24, 2.45) is 4.99 Å². The Balaban J connectivity index is 2.23. The lowest BCUT2D eigenvalue weighted by atomic mass is 10.0. The van der Waals surface area contributed by atoms with Crippen molar-refractivity contribution < 1.29 is 14.6 Å². The number of benzene rings is 1. The molecule has 1 aromatic rings. The first-order valence-corrected chi connectivity index (χ1v) is 5.75. The minimum absolute atomic E-state index is 0.0213. The zero-order valence-corrected chi connectivity index (χ0v) is 10.4. The van der Waals surface area contributed by atoms with Crippen LogP contribution in [0.5, 0.6) is 0 Å². The van der Waals surface area contributed by atoms with Crippen LogP contribution in [0.15, 0.2) is 46.7 Å². The van der Waals surface area contributed by atoms with Gasteiger partial charge < -0.3 is 9.84 Å². The van der Waals surface area contributed by atoms with Crippen LogP contribution in [0.3, 0.4) is 0 Å². The topological polar surface area (TPSA) is 58.9 Å². The van der Waals surface area contributed by atoms with Gasteiger partial charge >= 0.3 is 5.97 Å². The average molecular weight is 245 g/mol. The molecule has 0 saturated carbocycles. The largest absolute Gasteiger partial charge is 0.507 e. The van der Waals surface area contributed by atoms with Crippen LogP contribution in [-0.4, -0.2) is 29.9 Å². The first-order chi connectivity index (χ1) is 8.63. The SMILES string of the molecule is CN=C(C)C1=C(O)C(Cc2ccccc2)OC1=O. The highest BCUT2D eigenvalue weighted by Crippen LogP contribution is 2.24. The molecule has 1 atom stereocenters. The van der Waals surface area contributed by atoms with Crippen molar-refractivity contribution in [1.82, 2.24) is 0 Å². The van der Waals surface area contributed by atoms with Gasteiger partial charge in [-0.05, 0) is 12.5 Å². The van der Waals surface area contributed by atoms with E-state index in [1.54, 1.807) is 14.0 Å². The summed E-state index contributed by atoms with van der Waals surface area (Å²) in [6.07, 6.45) is -0.134. The van der Waals surface area contributed by atoms with Crippen molar-refractivity contribution in [1.29, 1.82) is 0 Å². The molecule has 0 fully saturated rings. The maximum Gasteiger partial charge on any atom is 0.344 e. The molecule has 94 valence electrons. The van der Waals surface area contributed by atoms with E-state index in [0.717, 1.165) is 5.56 Å². The number of aliphatic imine (C=N–C) groups is 1. The van der Waals surface area contributed by atoms with Gasteiger partial charge in [-0.15, -0.1) is 0 Å². The molecule has 0 amide bonds. The van der Waals surface area contributed by atoms with E-state index in [4.69, 9.17) is 4.74 Å². The van der Waals surface area contributed by atoms with E-state index in [2.05, 4.69) is 4.99 Å². The summed E-state index contributed by atoms with van der Waals surface area (Å²) in [6.45, 7) is 1.68. The second kappa shape index (κ2) is 5.04. The lowest BCUT2D eigenvalue weighted by molar-refractivity contribution is -0.139. The molecule has 4 nitrogen and oxygen atoms in total. The molecule has 2 rings (SSSR count). The third kappa shape index (κ3) is 2.27. The van der Waals surface area contributed by atoms with Gasteiger partial charge in [0.15, 0.2) is 6.10 Å². The number of esters is 1. The molecule has 1 N–H and O–H groups in total. The van der Waals surface area contributed by atoms with Crippen molar-refractivity contribution >= 4 is 11.7 Å². The van der Waals surface area contributed by atoms with Gasteiger partial charge in [-0.25, -0.2) is 4.79 Å². The minimum Gasteiger partial charge on any atom is -0.507 e. The van der Waals surface area contributed by atoms with E-state index < -0.39 is 12.1 Å². The molecule has 1 heterocycles. The lowest BCUT2D eigenvalue weighted by Gasteiger charge is -2.09. The number of hydrogen-bond donors (Lipinski definition) is 1. The third-order valence-corrected chi connectivity index (χ3v) is 2.98. The highest BCUT2D eigenvalue weighted by Gasteiger charge is 2.35. The molecule has 0 bridgehead atoms. The molecule has 1 unspecified atom stereocenters. The van der Waals surface area contributed by atoms with Crippen LogP contribution in [0.4, 0.5) is 0 Å². The van der Waals surface area contributed by atoms with Gasteiger partial charge in [-0.2, -0.15) is 0 Å². The molecule has 0 saturated heterocycles. The first-order valence-electron chi connectivity index (χ1n) is 5.75. The van der Waals surface area contributed by atoms with Gasteiger partial charge in [-0.1, -0.05) is 30.3 Å². The Bertz CT molecular complexity index is 517. The quantitative estimate of drug-likeness (QED) is 0.655. The normalized spacial score (nSPS) is 20.2. The summed E-state index contributed by atoms with van der Waals surface area (Å²) >= 11 is 0. The predicted molar refractivity (Wildman–Crippen MR) is 68.7 cm³/mol. The fraction of sp³-hybridized carbons (Fsp3) is 0.286. The van der Waals surface area contributed by atoms with Crippen molar-refractivity contribution in [2.45, 2.75) is 19.4 Å². The summed E-state index contributed by atoms with van der Waals surface area (Å²) < 4.78 is 5.17. The van der Waals surface area contributed by atoms with Crippen LogP contribution in [0, 0.1) is 0 Å². The van der Waals surface area contributed by atoms with Gasteiger partial charge in [0.1, 0.15) is 11.3 Å². The number of rotatable bonds is 3. The van der Waals surface area contributed by atoms with Crippen LogP contribution < -0.4 is 0 Å². The number of carbonyl (C=O) groups is 1.